The van der Waals surface area contributed by atoms with E-state index in [1.807, 2.05) is 42.5 Å². The van der Waals surface area contributed by atoms with Crippen LogP contribution in [0.3, 0.4) is 0 Å². The van der Waals surface area contributed by atoms with Crippen molar-refractivity contribution in [3.05, 3.63) is 84.4 Å². The lowest BCUT2D eigenvalue weighted by Gasteiger charge is -2.08. The van der Waals surface area contributed by atoms with Crippen LogP contribution >= 0.6 is 0 Å². The van der Waals surface area contributed by atoms with E-state index in [1.54, 1.807) is 18.2 Å². The van der Waals surface area contributed by atoms with Gasteiger partial charge in [0.05, 0.1) is 11.5 Å². The zero-order chi connectivity index (χ0) is 17.0. The van der Waals surface area contributed by atoms with Gasteiger partial charge in [0.2, 0.25) is 0 Å². The molecule has 3 rings (SSSR count). The van der Waals surface area contributed by atoms with E-state index in [1.165, 1.54) is 12.1 Å². The van der Waals surface area contributed by atoms with Gasteiger partial charge in [-0.1, -0.05) is 67.3 Å². The normalized spacial score (nSPS) is 11.5. The third-order valence-electron chi connectivity index (χ3n) is 3.89. The van der Waals surface area contributed by atoms with Crippen molar-refractivity contribution in [2.45, 2.75) is 11.3 Å². The van der Waals surface area contributed by atoms with E-state index in [9.17, 15) is 8.42 Å². The quantitative estimate of drug-likeness (QED) is 0.625. The Labute approximate surface area is 142 Å². The van der Waals surface area contributed by atoms with Crippen molar-refractivity contribution in [1.82, 2.24) is 0 Å². The first kappa shape index (κ1) is 16.4. The molecule has 0 radical (unpaired) electrons. The third kappa shape index (κ3) is 3.55. The summed E-state index contributed by atoms with van der Waals surface area (Å²) in [7, 11) is -3.74. The molecule has 0 aliphatic rings. The summed E-state index contributed by atoms with van der Waals surface area (Å²) in [5.74, 6) is 0. The molecule has 0 heterocycles. The summed E-state index contributed by atoms with van der Waals surface area (Å²) >= 11 is 0. The molecule has 0 atom stereocenters. The van der Waals surface area contributed by atoms with Gasteiger partial charge in [-0.25, -0.2) is 0 Å². The molecule has 0 bridgehead atoms. The van der Waals surface area contributed by atoms with Gasteiger partial charge < -0.3 is 0 Å². The number of fused-ring (bicyclic) bond motifs is 1. The third-order valence-corrected chi connectivity index (χ3v) is 5.22. The molecule has 0 aliphatic heterocycles. The minimum atomic E-state index is -3.74. The molecule has 3 aromatic carbocycles. The fourth-order valence-corrected chi connectivity index (χ4v) is 3.52. The number of benzene rings is 3. The minimum absolute atomic E-state index is 0.111. The van der Waals surface area contributed by atoms with Crippen LogP contribution in [0.5, 0.6) is 0 Å². The lowest BCUT2D eigenvalue weighted by atomic mass is 10.0. The van der Waals surface area contributed by atoms with Crippen LogP contribution in [0.1, 0.15) is 11.1 Å². The SMILES string of the molecule is C=Cc1ccc(S(=O)(=O)OCCc2cccc3ccccc23)cc1. The average molecular weight is 338 g/mol. The molecule has 0 aliphatic carbocycles. The number of hydrogen-bond acceptors (Lipinski definition) is 3. The second-order valence-electron chi connectivity index (χ2n) is 5.44. The Morgan fingerprint density at radius 1 is 0.917 bits per heavy atom. The van der Waals surface area contributed by atoms with Gasteiger partial charge in [-0.3, -0.25) is 4.18 Å². The molecule has 0 fully saturated rings. The van der Waals surface area contributed by atoms with Crippen LogP contribution in [0.2, 0.25) is 0 Å². The number of rotatable bonds is 6. The Bertz CT molecular complexity index is 952. The molecule has 0 spiro atoms. The second-order valence-corrected chi connectivity index (χ2v) is 7.05. The molecular formula is C20H18O3S. The van der Waals surface area contributed by atoms with Crippen LogP contribution in [0.4, 0.5) is 0 Å². The van der Waals surface area contributed by atoms with E-state index >= 15 is 0 Å². The Morgan fingerprint density at radius 2 is 1.62 bits per heavy atom. The molecule has 0 saturated carbocycles. The summed E-state index contributed by atoms with van der Waals surface area (Å²) in [6.07, 6.45) is 2.20. The lowest BCUT2D eigenvalue weighted by molar-refractivity contribution is 0.322. The van der Waals surface area contributed by atoms with Crippen molar-refractivity contribution >= 4 is 27.0 Å². The van der Waals surface area contributed by atoms with Gasteiger partial charge in [0.15, 0.2) is 0 Å². The molecule has 24 heavy (non-hydrogen) atoms. The van der Waals surface area contributed by atoms with Gasteiger partial charge in [-0.2, -0.15) is 8.42 Å². The summed E-state index contributed by atoms with van der Waals surface area (Å²) in [5, 5.41) is 2.26. The fraction of sp³-hybridized carbons (Fsp3) is 0.100. The maximum Gasteiger partial charge on any atom is 0.296 e. The van der Waals surface area contributed by atoms with Crippen LogP contribution in [-0.2, 0) is 20.7 Å². The van der Waals surface area contributed by atoms with Crippen molar-refractivity contribution in [1.29, 1.82) is 0 Å². The number of hydrogen-bond donors (Lipinski definition) is 0. The van der Waals surface area contributed by atoms with Crippen LogP contribution in [0.15, 0.2) is 78.2 Å². The van der Waals surface area contributed by atoms with Crippen LogP contribution < -0.4 is 0 Å². The molecule has 3 nitrogen and oxygen atoms in total. The smallest absolute Gasteiger partial charge is 0.266 e. The monoisotopic (exact) mass is 338 g/mol. The van der Waals surface area contributed by atoms with Gasteiger partial charge in [-0.15, -0.1) is 0 Å². The van der Waals surface area contributed by atoms with E-state index in [0.29, 0.717) is 6.42 Å². The maximum atomic E-state index is 12.2. The molecule has 0 unspecified atom stereocenters. The van der Waals surface area contributed by atoms with Crippen LogP contribution in [0.25, 0.3) is 16.8 Å². The topological polar surface area (TPSA) is 43.4 Å². The van der Waals surface area contributed by atoms with Crippen molar-refractivity contribution in [2.24, 2.45) is 0 Å². The van der Waals surface area contributed by atoms with Gasteiger partial charge in [-0.05, 0) is 40.5 Å². The van der Waals surface area contributed by atoms with Gasteiger partial charge >= 0.3 is 0 Å². The van der Waals surface area contributed by atoms with Crippen molar-refractivity contribution in [3.8, 4) is 0 Å². The summed E-state index contributed by atoms with van der Waals surface area (Å²) in [6.45, 7) is 3.76. The van der Waals surface area contributed by atoms with Crippen LogP contribution in [-0.4, -0.2) is 15.0 Å². The van der Waals surface area contributed by atoms with Gasteiger partial charge in [0, 0.05) is 0 Å². The largest absolute Gasteiger partial charge is 0.296 e. The molecule has 0 saturated heterocycles. The Morgan fingerprint density at radius 3 is 2.38 bits per heavy atom. The first-order chi connectivity index (χ1) is 11.6. The van der Waals surface area contributed by atoms with Crippen molar-refractivity contribution in [2.75, 3.05) is 6.61 Å². The zero-order valence-corrected chi connectivity index (χ0v) is 14.0. The van der Waals surface area contributed by atoms with Crippen molar-refractivity contribution in [3.63, 3.8) is 0 Å². The highest BCUT2D eigenvalue weighted by Gasteiger charge is 2.14. The van der Waals surface area contributed by atoms with E-state index in [2.05, 4.69) is 6.58 Å². The zero-order valence-electron chi connectivity index (χ0n) is 13.2. The highest BCUT2D eigenvalue weighted by molar-refractivity contribution is 7.86. The summed E-state index contributed by atoms with van der Waals surface area (Å²) in [6, 6.07) is 20.5. The molecule has 122 valence electrons. The highest BCUT2D eigenvalue weighted by atomic mass is 32.2. The lowest BCUT2D eigenvalue weighted by Crippen LogP contribution is -2.09. The summed E-state index contributed by atoms with van der Waals surface area (Å²) in [5.41, 5.74) is 1.94. The van der Waals surface area contributed by atoms with Crippen molar-refractivity contribution < 1.29 is 12.6 Å². The Kier molecular flexibility index (Phi) is 4.79. The average Bonchev–Trinajstić information content (AvgIpc) is 2.62. The minimum Gasteiger partial charge on any atom is -0.266 e. The van der Waals surface area contributed by atoms with Gasteiger partial charge in [0.25, 0.3) is 10.1 Å². The molecule has 4 heteroatoms. The Hall–Kier alpha value is -2.43. The highest BCUT2D eigenvalue weighted by Crippen LogP contribution is 2.20. The maximum absolute atomic E-state index is 12.2. The predicted molar refractivity (Wildman–Crippen MR) is 97.3 cm³/mol. The molecule has 0 aromatic heterocycles. The first-order valence-corrected chi connectivity index (χ1v) is 9.09. The van der Waals surface area contributed by atoms with Gasteiger partial charge in [0.1, 0.15) is 0 Å². The summed E-state index contributed by atoms with van der Waals surface area (Å²) < 4.78 is 29.7. The second kappa shape index (κ2) is 6.99. The van der Waals surface area contributed by atoms with E-state index in [4.69, 9.17) is 4.18 Å². The van der Waals surface area contributed by atoms with E-state index in [-0.39, 0.29) is 11.5 Å². The first-order valence-electron chi connectivity index (χ1n) is 7.69. The van der Waals surface area contributed by atoms with E-state index in [0.717, 1.165) is 21.9 Å². The van der Waals surface area contributed by atoms with E-state index < -0.39 is 10.1 Å². The molecular weight excluding hydrogens is 320 g/mol. The Balaban J connectivity index is 1.71. The standard InChI is InChI=1S/C20H18O3S/c1-2-16-10-12-19(13-11-16)24(21,22)23-15-14-18-8-5-7-17-6-3-4-9-20(17)18/h2-13H,1,14-15H2. The molecule has 0 amide bonds. The molecule has 3 aromatic rings. The predicted octanol–water partition coefficient (Wildman–Crippen LogP) is 4.43. The fourth-order valence-electron chi connectivity index (χ4n) is 2.61. The van der Waals surface area contributed by atoms with Crippen LogP contribution in [0, 0.1) is 0 Å². The molecule has 0 N–H and O–H groups in total. The summed E-state index contributed by atoms with van der Waals surface area (Å²) in [4.78, 5) is 0.158.